The van der Waals surface area contributed by atoms with E-state index in [9.17, 15) is 0 Å². The number of thioether (sulfide) groups is 1. The van der Waals surface area contributed by atoms with Gasteiger partial charge in [0.25, 0.3) is 0 Å². The topological polar surface area (TPSA) is 54.5 Å². The Morgan fingerprint density at radius 1 is 1.44 bits per heavy atom. The second-order valence-electron chi connectivity index (χ2n) is 3.09. The second-order valence-corrected chi connectivity index (χ2v) is 4.83. The lowest BCUT2D eigenvalue weighted by Crippen LogP contribution is -1.86. The lowest BCUT2D eigenvalue weighted by molar-refractivity contribution is 0.969. The number of halogens is 2. The van der Waals surface area contributed by atoms with Gasteiger partial charge in [0, 0.05) is 17.0 Å². The number of rotatable bonds is 3. The van der Waals surface area contributed by atoms with Gasteiger partial charge in [0.15, 0.2) is 0 Å². The van der Waals surface area contributed by atoms with Crippen LogP contribution < -0.4 is 0 Å². The molecular weight excluding hydrogens is 267 g/mol. The highest BCUT2D eigenvalue weighted by Gasteiger charge is 2.05. The summed E-state index contributed by atoms with van der Waals surface area (Å²) in [5.41, 5.74) is 0.915. The summed E-state index contributed by atoms with van der Waals surface area (Å²) in [5.74, 6) is 1.46. The average molecular weight is 275 g/mol. The quantitative estimate of drug-likeness (QED) is 0.690. The first-order valence-electron chi connectivity index (χ1n) is 4.47. The molecule has 4 nitrogen and oxygen atoms in total. The number of H-pyrrole nitrogens is 1. The van der Waals surface area contributed by atoms with E-state index in [1.54, 1.807) is 12.3 Å². The molecule has 0 atom stereocenters. The average Bonchev–Trinajstić information content (AvgIpc) is 2.63. The molecule has 0 amide bonds. The Labute approximate surface area is 107 Å². The van der Waals surface area contributed by atoms with Gasteiger partial charge in [-0.2, -0.15) is 0 Å². The Bertz CT molecular complexity index is 500. The number of hydrogen-bond acceptors (Lipinski definition) is 4. The molecule has 7 heteroatoms. The van der Waals surface area contributed by atoms with Crippen molar-refractivity contribution < 1.29 is 0 Å². The third kappa shape index (κ3) is 2.87. The molecular formula is C9H8Cl2N4S. The molecule has 0 unspecified atom stereocenters. The normalized spacial score (nSPS) is 10.7. The van der Waals surface area contributed by atoms with Gasteiger partial charge in [0.05, 0.1) is 0 Å². The van der Waals surface area contributed by atoms with Crippen LogP contribution in [0.25, 0.3) is 0 Å². The fourth-order valence-corrected chi connectivity index (χ4v) is 2.41. The largest absolute Gasteiger partial charge is 0.262 e. The highest BCUT2D eigenvalue weighted by molar-refractivity contribution is 7.98. The summed E-state index contributed by atoms with van der Waals surface area (Å²) in [5, 5.41) is 8.50. The first kappa shape index (κ1) is 11.7. The number of aromatic amines is 1. The Balaban J connectivity index is 2.04. The van der Waals surface area contributed by atoms with E-state index in [4.69, 9.17) is 23.2 Å². The predicted molar refractivity (Wildman–Crippen MR) is 64.9 cm³/mol. The summed E-state index contributed by atoms with van der Waals surface area (Å²) in [4.78, 5) is 8.16. The van der Waals surface area contributed by atoms with E-state index < -0.39 is 0 Å². The third-order valence-electron chi connectivity index (χ3n) is 1.83. The molecule has 16 heavy (non-hydrogen) atoms. The van der Waals surface area contributed by atoms with Gasteiger partial charge < -0.3 is 0 Å². The van der Waals surface area contributed by atoms with Crippen LogP contribution >= 0.6 is 35.0 Å². The van der Waals surface area contributed by atoms with Gasteiger partial charge in [-0.05, 0) is 18.6 Å². The van der Waals surface area contributed by atoms with Crippen molar-refractivity contribution in [1.82, 2.24) is 20.2 Å². The highest BCUT2D eigenvalue weighted by Crippen LogP contribution is 2.25. The molecule has 2 rings (SSSR count). The zero-order valence-electron chi connectivity index (χ0n) is 8.37. The van der Waals surface area contributed by atoms with Gasteiger partial charge >= 0.3 is 0 Å². The molecule has 0 aliphatic heterocycles. The maximum atomic E-state index is 6.01. The minimum atomic E-state index is 0.396. The van der Waals surface area contributed by atoms with Crippen molar-refractivity contribution in [2.75, 3.05) is 0 Å². The van der Waals surface area contributed by atoms with Crippen molar-refractivity contribution in [3.8, 4) is 0 Å². The molecule has 2 aromatic heterocycles. The van der Waals surface area contributed by atoms with Gasteiger partial charge in [0.1, 0.15) is 11.0 Å². The van der Waals surface area contributed by atoms with Crippen molar-refractivity contribution in [1.29, 1.82) is 0 Å². The monoisotopic (exact) mass is 274 g/mol. The van der Waals surface area contributed by atoms with E-state index >= 15 is 0 Å². The number of pyridine rings is 1. The zero-order valence-corrected chi connectivity index (χ0v) is 10.7. The molecule has 2 heterocycles. The summed E-state index contributed by atoms with van der Waals surface area (Å²) in [6, 6.07) is 1.63. The predicted octanol–water partition coefficient (Wildman–Crippen LogP) is 3.11. The molecule has 0 aliphatic carbocycles. The van der Waals surface area contributed by atoms with E-state index in [1.807, 2.05) is 6.92 Å². The molecule has 0 fully saturated rings. The number of hydrogen-bond donors (Lipinski definition) is 1. The molecule has 0 bridgehead atoms. The van der Waals surface area contributed by atoms with Crippen LogP contribution in [0.3, 0.4) is 0 Å². The smallest absolute Gasteiger partial charge is 0.208 e. The van der Waals surface area contributed by atoms with Crippen LogP contribution in [0.1, 0.15) is 11.4 Å². The Hall–Kier alpha value is -0.780. The lowest BCUT2D eigenvalue weighted by atomic mass is 10.3. The second kappa shape index (κ2) is 5.03. The standard InChI is InChI=1S/C9H8Cl2N4S/c1-5-13-9(15-14-5)16-4-6-3-12-8(11)2-7(6)10/h2-3H,4H2,1H3,(H,13,14,15). The Kier molecular flexibility index (Phi) is 3.68. The summed E-state index contributed by atoms with van der Waals surface area (Å²) < 4.78 is 0. The van der Waals surface area contributed by atoms with Crippen molar-refractivity contribution in [3.05, 3.63) is 33.8 Å². The molecule has 0 saturated carbocycles. The molecule has 1 N–H and O–H groups in total. The van der Waals surface area contributed by atoms with Crippen LogP contribution in [0, 0.1) is 6.92 Å². The first-order valence-corrected chi connectivity index (χ1v) is 6.21. The van der Waals surface area contributed by atoms with Crippen molar-refractivity contribution in [2.45, 2.75) is 17.8 Å². The van der Waals surface area contributed by atoms with Gasteiger partial charge in [-0.25, -0.2) is 9.97 Å². The van der Waals surface area contributed by atoms with E-state index in [0.29, 0.717) is 21.1 Å². The maximum Gasteiger partial charge on any atom is 0.208 e. The number of nitrogens with zero attached hydrogens (tertiary/aromatic N) is 3. The SMILES string of the molecule is Cc1nc(SCc2cnc(Cl)cc2Cl)n[nH]1. The molecule has 0 saturated heterocycles. The summed E-state index contributed by atoms with van der Waals surface area (Å²) in [6.45, 7) is 1.86. The van der Waals surface area contributed by atoms with E-state index in [0.717, 1.165) is 11.4 Å². The third-order valence-corrected chi connectivity index (χ3v) is 3.28. The number of aryl methyl sites for hydroxylation is 1. The number of aromatic nitrogens is 4. The fraction of sp³-hybridized carbons (Fsp3) is 0.222. The maximum absolute atomic E-state index is 6.01. The van der Waals surface area contributed by atoms with Crippen LogP contribution in [-0.4, -0.2) is 20.2 Å². The molecule has 0 aliphatic rings. The summed E-state index contributed by atoms with van der Waals surface area (Å²) >= 11 is 13.2. The Morgan fingerprint density at radius 3 is 2.88 bits per heavy atom. The minimum Gasteiger partial charge on any atom is -0.262 e. The summed E-state index contributed by atoms with van der Waals surface area (Å²) in [7, 11) is 0. The molecule has 0 radical (unpaired) electrons. The molecule has 2 aromatic rings. The molecule has 0 aromatic carbocycles. The van der Waals surface area contributed by atoms with E-state index in [2.05, 4.69) is 20.2 Å². The van der Waals surface area contributed by atoms with Gasteiger partial charge in [-0.3, -0.25) is 5.10 Å². The fourth-order valence-electron chi connectivity index (χ4n) is 1.07. The van der Waals surface area contributed by atoms with E-state index in [1.165, 1.54) is 11.8 Å². The Morgan fingerprint density at radius 2 is 2.25 bits per heavy atom. The van der Waals surface area contributed by atoms with Crippen molar-refractivity contribution in [2.24, 2.45) is 0 Å². The van der Waals surface area contributed by atoms with Crippen molar-refractivity contribution in [3.63, 3.8) is 0 Å². The van der Waals surface area contributed by atoms with Crippen LogP contribution in [0.15, 0.2) is 17.4 Å². The number of nitrogens with one attached hydrogen (secondary N) is 1. The van der Waals surface area contributed by atoms with Gasteiger partial charge in [-0.1, -0.05) is 35.0 Å². The zero-order chi connectivity index (χ0) is 11.5. The van der Waals surface area contributed by atoms with Crippen LogP contribution in [0.2, 0.25) is 10.2 Å². The molecule has 0 spiro atoms. The van der Waals surface area contributed by atoms with Crippen LogP contribution in [0.4, 0.5) is 0 Å². The van der Waals surface area contributed by atoms with Gasteiger partial charge in [0.2, 0.25) is 5.16 Å². The van der Waals surface area contributed by atoms with Crippen molar-refractivity contribution >= 4 is 35.0 Å². The van der Waals surface area contributed by atoms with Crippen LogP contribution in [-0.2, 0) is 5.75 Å². The van der Waals surface area contributed by atoms with Crippen LogP contribution in [0.5, 0.6) is 0 Å². The molecule has 84 valence electrons. The van der Waals surface area contributed by atoms with E-state index in [-0.39, 0.29) is 0 Å². The summed E-state index contributed by atoms with van der Waals surface area (Å²) in [6.07, 6.45) is 1.66. The minimum absolute atomic E-state index is 0.396. The highest BCUT2D eigenvalue weighted by atomic mass is 35.5. The van der Waals surface area contributed by atoms with Gasteiger partial charge in [-0.15, -0.1) is 5.10 Å². The first-order chi connectivity index (χ1) is 7.65. The lowest BCUT2D eigenvalue weighted by Gasteiger charge is -2.01.